The number of carbonyl (C=O) groups is 1. The van der Waals surface area contributed by atoms with Gasteiger partial charge in [0, 0.05) is 29.2 Å². The van der Waals surface area contributed by atoms with E-state index in [1.54, 1.807) is 31.4 Å². The number of aromatic amines is 1. The maximum Gasteiger partial charge on any atom is 0.224 e. The summed E-state index contributed by atoms with van der Waals surface area (Å²) in [5.74, 6) is 0.694. The van der Waals surface area contributed by atoms with Crippen LogP contribution in [0.15, 0.2) is 42.6 Å². The summed E-state index contributed by atoms with van der Waals surface area (Å²) in [7, 11) is 1.63. The Bertz CT molecular complexity index is 949. The van der Waals surface area contributed by atoms with Crippen molar-refractivity contribution in [3.8, 4) is 11.8 Å². The largest absolute Gasteiger partial charge is 0.496 e. The van der Waals surface area contributed by atoms with E-state index < -0.39 is 0 Å². The van der Waals surface area contributed by atoms with Gasteiger partial charge in [0.2, 0.25) is 5.91 Å². The highest BCUT2D eigenvalue weighted by atomic mass is 16.5. The number of H-pyrrole nitrogens is 1. The van der Waals surface area contributed by atoms with Crippen LogP contribution >= 0.6 is 0 Å². The highest BCUT2D eigenvalue weighted by Crippen LogP contribution is 2.30. The lowest BCUT2D eigenvalue weighted by atomic mass is 10.0. The van der Waals surface area contributed by atoms with Crippen LogP contribution in [0.25, 0.3) is 10.9 Å². The Morgan fingerprint density at radius 2 is 2.04 bits per heavy atom. The van der Waals surface area contributed by atoms with Gasteiger partial charge in [-0.15, -0.1) is 0 Å². The number of hydrogen-bond donors (Lipinski definition) is 2. The molecule has 0 aliphatic heterocycles. The van der Waals surface area contributed by atoms with Crippen molar-refractivity contribution in [2.24, 2.45) is 0 Å². The molecule has 0 bridgehead atoms. The fraction of sp³-hybridized carbons (Fsp3) is 0.200. The molecule has 1 heterocycles. The average molecular weight is 333 g/mol. The molecule has 0 unspecified atom stereocenters. The molecule has 0 radical (unpaired) electrons. The van der Waals surface area contributed by atoms with Crippen molar-refractivity contribution in [3.63, 3.8) is 0 Å². The summed E-state index contributed by atoms with van der Waals surface area (Å²) >= 11 is 0. The quantitative estimate of drug-likeness (QED) is 0.752. The van der Waals surface area contributed by atoms with Crippen molar-refractivity contribution in [2.75, 3.05) is 7.11 Å². The number of nitriles is 1. The van der Waals surface area contributed by atoms with Crippen LogP contribution in [0.5, 0.6) is 5.75 Å². The molecule has 0 fully saturated rings. The summed E-state index contributed by atoms with van der Waals surface area (Å²) in [6, 6.07) is 13.1. The molecule has 5 nitrogen and oxygen atoms in total. The fourth-order valence-corrected chi connectivity index (χ4v) is 2.93. The van der Waals surface area contributed by atoms with Crippen molar-refractivity contribution in [2.45, 2.75) is 19.9 Å². The van der Waals surface area contributed by atoms with Gasteiger partial charge in [-0.1, -0.05) is 12.1 Å². The molecule has 0 saturated heterocycles. The third kappa shape index (κ3) is 3.48. The molecule has 0 aliphatic carbocycles. The zero-order valence-corrected chi connectivity index (χ0v) is 14.2. The first-order valence-electron chi connectivity index (χ1n) is 8.01. The summed E-state index contributed by atoms with van der Waals surface area (Å²) in [6.07, 6.45) is 2.16. The first-order valence-corrected chi connectivity index (χ1v) is 8.01. The second kappa shape index (κ2) is 7.10. The Labute approximate surface area is 146 Å². The third-order valence-electron chi connectivity index (χ3n) is 4.24. The lowest BCUT2D eigenvalue weighted by molar-refractivity contribution is -0.120. The Morgan fingerprint density at radius 1 is 1.28 bits per heavy atom. The molecule has 5 heteroatoms. The van der Waals surface area contributed by atoms with Crippen molar-refractivity contribution < 1.29 is 9.53 Å². The SMILES string of the molecule is COc1cc(C)c2[nH]ccc2c1CNC(=O)Cc1ccc(C#N)cc1. The molecule has 3 aromatic rings. The van der Waals surface area contributed by atoms with Crippen molar-refractivity contribution >= 4 is 16.8 Å². The number of aromatic nitrogens is 1. The van der Waals surface area contributed by atoms with E-state index in [0.29, 0.717) is 12.1 Å². The van der Waals surface area contributed by atoms with Crippen molar-refractivity contribution in [3.05, 3.63) is 64.8 Å². The number of methoxy groups -OCH3 is 1. The van der Waals surface area contributed by atoms with Gasteiger partial charge in [0.15, 0.2) is 0 Å². The topological polar surface area (TPSA) is 77.9 Å². The summed E-state index contributed by atoms with van der Waals surface area (Å²) in [5.41, 5.74) is 4.57. The normalized spacial score (nSPS) is 10.4. The molecular weight excluding hydrogens is 314 g/mol. The Kier molecular flexibility index (Phi) is 4.71. The van der Waals surface area contributed by atoms with Gasteiger partial charge in [0.05, 0.1) is 25.2 Å². The van der Waals surface area contributed by atoms with Crippen LogP contribution in [-0.4, -0.2) is 18.0 Å². The predicted octanol–water partition coefficient (Wildman–Crippen LogP) is 3.22. The number of hydrogen-bond acceptors (Lipinski definition) is 3. The first kappa shape index (κ1) is 16.6. The maximum atomic E-state index is 12.3. The standard InChI is InChI=1S/C20H19N3O2/c1-13-9-18(25-2)17(16-7-8-22-20(13)16)12-23-19(24)10-14-3-5-15(11-21)6-4-14/h3-9,22H,10,12H2,1-2H3,(H,23,24). The summed E-state index contributed by atoms with van der Waals surface area (Å²) in [6.45, 7) is 2.42. The van der Waals surface area contributed by atoms with Crippen LogP contribution in [0.1, 0.15) is 22.3 Å². The van der Waals surface area contributed by atoms with Gasteiger partial charge in [-0.25, -0.2) is 0 Å². The molecule has 1 aromatic heterocycles. The average Bonchev–Trinajstić information content (AvgIpc) is 3.11. The highest BCUT2D eigenvalue weighted by Gasteiger charge is 2.13. The molecule has 1 amide bonds. The number of aryl methyl sites for hydroxylation is 1. The van der Waals surface area contributed by atoms with E-state index >= 15 is 0 Å². The van der Waals surface area contributed by atoms with Crippen LogP contribution in [0.4, 0.5) is 0 Å². The van der Waals surface area contributed by atoms with Crippen LogP contribution in [0.2, 0.25) is 0 Å². The zero-order chi connectivity index (χ0) is 17.8. The molecule has 2 aromatic carbocycles. The third-order valence-corrected chi connectivity index (χ3v) is 4.24. The molecule has 0 atom stereocenters. The lowest BCUT2D eigenvalue weighted by Crippen LogP contribution is -2.25. The number of carbonyl (C=O) groups excluding carboxylic acids is 1. The number of rotatable bonds is 5. The molecule has 3 rings (SSSR count). The molecule has 2 N–H and O–H groups in total. The zero-order valence-electron chi connectivity index (χ0n) is 14.2. The minimum Gasteiger partial charge on any atom is -0.496 e. The summed E-state index contributed by atoms with van der Waals surface area (Å²) < 4.78 is 5.48. The molecule has 0 aliphatic rings. The number of fused-ring (bicyclic) bond motifs is 1. The number of nitrogens with zero attached hydrogens (tertiary/aromatic N) is 1. The highest BCUT2D eigenvalue weighted by molar-refractivity contribution is 5.88. The molecular formula is C20H19N3O2. The smallest absolute Gasteiger partial charge is 0.224 e. The van der Waals surface area contributed by atoms with Gasteiger partial charge in [-0.05, 0) is 42.3 Å². The van der Waals surface area contributed by atoms with Gasteiger partial charge < -0.3 is 15.0 Å². The number of amides is 1. The van der Waals surface area contributed by atoms with Crippen LogP contribution < -0.4 is 10.1 Å². The predicted molar refractivity (Wildman–Crippen MR) is 96.3 cm³/mol. The Balaban J connectivity index is 1.73. The lowest BCUT2D eigenvalue weighted by Gasteiger charge is -2.13. The molecule has 25 heavy (non-hydrogen) atoms. The fourth-order valence-electron chi connectivity index (χ4n) is 2.93. The van der Waals surface area contributed by atoms with E-state index in [4.69, 9.17) is 10.00 Å². The number of benzene rings is 2. The second-order valence-electron chi connectivity index (χ2n) is 5.90. The van der Waals surface area contributed by atoms with E-state index in [1.165, 1.54) is 0 Å². The molecule has 126 valence electrons. The van der Waals surface area contributed by atoms with Gasteiger partial charge in [0.1, 0.15) is 5.75 Å². The molecule has 0 spiro atoms. The van der Waals surface area contributed by atoms with E-state index in [1.807, 2.05) is 25.3 Å². The number of ether oxygens (including phenoxy) is 1. The van der Waals surface area contributed by atoms with Crippen LogP contribution in [0, 0.1) is 18.3 Å². The maximum absolute atomic E-state index is 12.3. The van der Waals surface area contributed by atoms with Crippen molar-refractivity contribution in [1.29, 1.82) is 5.26 Å². The van der Waals surface area contributed by atoms with Crippen LogP contribution in [-0.2, 0) is 17.8 Å². The van der Waals surface area contributed by atoms with E-state index in [2.05, 4.69) is 16.4 Å². The minimum absolute atomic E-state index is 0.0731. The Hall–Kier alpha value is -3.26. The number of nitrogens with one attached hydrogen (secondary N) is 2. The summed E-state index contributed by atoms with van der Waals surface area (Å²) in [5, 5.41) is 12.8. The second-order valence-corrected chi connectivity index (χ2v) is 5.90. The monoisotopic (exact) mass is 333 g/mol. The van der Waals surface area contributed by atoms with E-state index in [-0.39, 0.29) is 12.3 Å². The first-order chi connectivity index (χ1) is 12.1. The summed E-state index contributed by atoms with van der Waals surface area (Å²) in [4.78, 5) is 15.5. The van der Waals surface area contributed by atoms with Gasteiger partial charge in [-0.2, -0.15) is 5.26 Å². The van der Waals surface area contributed by atoms with Gasteiger partial charge in [0.25, 0.3) is 0 Å². The molecule has 0 saturated carbocycles. The van der Waals surface area contributed by atoms with E-state index in [9.17, 15) is 4.79 Å². The van der Waals surface area contributed by atoms with Gasteiger partial charge in [-0.3, -0.25) is 4.79 Å². The van der Waals surface area contributed by atoms with Crippen molar-refractivity contribution in [1.82, 2.24) is 10.3 Å². The minimum atomic E-state index is -0.0731. The van der Waals surface area contributed by atoms with E-state index in [0.717, 1.165) is 33.3 Å². The Morgan fingerprint density at radius 3 is 2.72 bits per heavy atom. The van der Waals surface area contributed by atoms with Crippen LogP contribution in [0.3, 0.4) is 0 Å². The van der Waals surface area contributed by atoms with Gasteiger partial charge >= 0.3 is 0 Å².